The maximum atomic E-state index is 12.2. The Balaban J connectivity index is 1.56. The van der Waals surface area contributed by atoms with Gasteiger partial charge in [-0.1, -0.05) is 0 Å². The number of fused-ring (bicyclic) bond motifs is 3. The average molecular weight is 326 g/mol. The molecule has 3 aliphatic carbocycles. The number of hydrogen-bond donors (Lipinski definition) is 0. The van der Waals surface area contributed by atoms with Crippen molar-refractivity contribution in [2.45, 2.75) is 44.6 Å². The largest absolute Gasteiger partial charge is 0.473 e. The summed E-state index contributed by atoms with van der Waals surface area (Å²) in [5.41, 5.74) is 2.54. The van der Waals surface area contributed by atoms with Gasteiger partial charge in [0.25, 0.3) is 0 Å². The summed E-state index contributed by atoms with van der Waals surface area (Å²) in [6.45, 7) is 2.15. The number of carbonyl (C=O) groups is 1. The second-order valence-electron chi connectivity index (χ2n) is 6.68. The first kappa shape index (κ1) is 13.9. The van der Waals surface area contributed by atoms with Crippen molar-refractivity contribution in [3.8, 4) is 11.7 Å². The third-order valence-corrected chi connectivity index (χ3v) is 4.86. The Morgan fingerprint density at radius 1 is 1.38 bits per heavy atom. The standard InChI is InChI=1S/C17H18N4O3/c1-2-23-17(22)15-12-6-9-5-11(9)16(12)21(20-15)13-7-18-8-14(19-13)24-10-3-4-10/h7-11H,2-6H2,1H3/t9-,11-/m0/s1. The summed E-state index contributed by atoms with van der Waals surface area (Å²) in [5.74, 6) is 1.88. The van der Waals surface area contributed by atoms with Crippen LogP contribution < -0.4 is 4.74 Å². The molecule has 2 saturated carbocycles. The summed E-state index contributed by atoms with van der Waals surface area (Å²) in [4.78, 5) is 21.0. The monoisotopic (exact) mass is 326 g/mol. The van der Waals surface area contributed by atoms with Crippen LogP contribution in [-0.4, -0.2) is 38.4 Å². The van der Waals surface area contributed by atoms with Gasteiger partial charge >= 0.3 is 5.97 Å². The number of nitrogens with zero attached hydrogens (tertiary/aromatic N) is 4. The number of rotatable bonds is 5. The highest BCUT2D eigenvalue weighted by molar-refractivity contribution is 5.90. The molecule has 0 radical (unpaired) electrons. The summed E-state index contributed by atoms with van der Waals surface area (Å²) < 4.78 is 12.7. The Hall–Kier alpha value is -2.44. The molecule has 0 aliphatic heterocycles. The average Bonchev–Trinajstić information content (AvgIpc) is 3.47. The molecule has 0 unspecified atom stereocenters. The number of hydrogen-bond acceptors (Lipinski definition) is 6. The van der Waals surface area contributed by atoms with Gasteiger partial charge in [-0.25, -0.2) is 9.48 Å². The minimum absolute atomic E-state index is 0.265. The Morgan fingerprint density at radius 2 is 2.25 bits per heavy atom. The molecule has 2 atom stereocenters. The Labute approximate surface area is 139 Å². The fraction of sp³-hybridized carbons (Fsp3) is 0.529. The van der Waals surface area contributed by atoms with E-state index in [1.165, 1.54) is 0 Å². The van der Waals surface area contributed by atoms with Crippen LogP contribution in [0.1, 0.15) is 53.8 Å². The lowest BCUT2D eigenvalue weighted by Gasteiger charge is -2.07. The van der Waals surface area contributed by atoms with Gasteiger partial charge in [0.05, 0.1) is 24.7 Å². The molecule has 2 aromatic heterocycles. The zero-order valence-corrected chi connectivity index (χ0v) is 13.4. The highest BCUT2D eigenvalue weighted by atomic mass is 16.5. The minimum Gasteiger partial charge on any atom is -0.473 e. The van der Waals surface area contributed by atoms with E-state index in [9.17, 15) is 4.79 Å². The second-order valence-corrected chi connectivity index (χ2v) is 6.68. The third-order valence-electron chi connectivity index (χ3n) is 4.86. The first-order valence-corrected chi connectivity index (χ1v) is 8.52. The fourth-order valence-corrected chi connectivity index (χ4v) is 3.51. The Morgan fingerprint density at radius 3 is 3.04 bits per heavy atom. The van der Waals surface area contributed by atoms with E-state index in [4.69, 9.17) is 9.47 Å². The van der Waals surface area contributed by atoms with Crippen LogP contribution in [-0.2, 0) is 11.2 Å². The van der Waals surface area contributed by atoms with Crippen LogP contribution in [0.25, 0.3) is 5.82 Å². The number of esters is 1. The predicted octanol–water partition coefficient (Wildman–Crippen LogP) is 2.04. The molecule has 0 bridgehead atoms. The van der Waals surface area contributed by atoms with E-state index in [-0.39, 0.29) is 12.1 Å². The highest BCUT2D eigenvalue weighted by Gasteiger charge is 2.50. The summed E-state index contributed by atoms with van der Waals surface area (Å²) in [7, 11) is 0. The Kier molecular flexibility index (Phi) is 2.92. The molecule has 0 saturated heterocycles. The molecule has 0 amide bonds. The van der Waals surface area contributed by atoms with Crippen molar-refractivity contribution in [1.29, 1.82) is 0 Å². The number of ether oxygens (including phenoxy) is 2. The summed E-state index contributed by atoms with van der Waals surface area (Å²) in [6.07, 6.45) is 7.75. The molecule has 0 spiro atoms. The molecule has 24 heavy (non-hydrogen) atoms. The maximum absolute atomic E-state index is 12.2. The van der Waals surface area contributed by atoms with Crippen molar-refractivity contribution < 1.29 is 14.3 Å². The van der Waals surface area contributed by atoms with Crippen LogP contribution in [0.4, 0.5) is 0 Å². The second kappa shape index (κ2) is 5.03. The van der Waals surface area contributed by atoms with Gasteiger partial charge in [0.15, 0.2) is 11.5 Å². The first-order chi connectivity index (χ1) is 11.7. The third kappa shape index (κ3) is 2.18. The van der Waals surface area contributed by atoms with Crippen molar-refractivity contribution in [3.63, 3.8) is 0 Å². The van der Waals surface area contributed by atoms with Crippen LogP contribution >= 0.6 is 0 Å². The van der Waals surface area contributed by atoms with Gasteiger partial charge in [0, 0.05) is 11.5 Å². The van der Waals surface area contributed by atoms with Crippen molar-refractivity contribution >= 4 is 5.97 Å². The molecule has 2 heterocycles. The first-order valence-electron chi connectivity index (χ1n) is 8.52. The van der Waals surface area contributed by atoms with E-state index >= 15 is 0 Å². The van der Waals surface area contributed by atoms with E-state index in [0.29, 0.717) is 35.8 Å². The van der Waals surface area contributed by atoms with E-state index in [1.807, 2.05) is 0 Å². The van der Waals surface area contributed by atoms with Crippen LogP contribution in [0.3, 0.4) is 0 Å². The van der Waals surface area contributed by atoms with Crippen LogP contribution in [0, 0.1) is 5.92 Å². The zero-order valence-electron chi connectivity index (χ0n) is 13.4. The minimum atomic E-state index is -0.354. The maximum Gasteiger partial charge on any atom is 0.359 e. The smallest absolute Gasteiger partial charge is 0.359 e. The van der Waals surface area contributed by atoms with Gasteiger partial charge in [-0.15, -0.1) is 0 Å². The van der Waals surface area contributed by atoms with E-state index in [0.717, 1.165) is 36.9 Å². The van der Waals surface area contributed by atoms with Crippen LogP contribution in [0.5, 0.6) is 5.88 Å². The molecule has 2 aromatic rings. The molecule has 0 aromatic carbocycles. The van der Waals surface area contributed by atoms with Crippen molar-refractivity contribution in [2.24, 2.45) is 5.92 Å². The molecule has 3 aliphatic rings. The Bertz CT molecular complexity index is 827. The lowest BCUT2D eigenvalue weighted by molar-refractivity contribution is 0.0517. The SMILES string of the molecule is CCOC(=O)c1nn(-c2cncc(OC3CC3)n2)c2c1C[C@@H]1C[C@H]21. The fourth-order valence-electron chi connectivity index (χ4n) is 3.51. The van der Waals surface area contributed by atoms with Gasteiger partial charge in [0.2, 0.25) is 5.88 Å². The molecular formula is C17H18N4O3. The molecule has 5 rings (SSSR count). The quantitative estimate of drug-likeness (QED) is 0.782. The summed E-state index contributed by atoms with van der Waals surface area (Å²) in [5, 5.41) is 4.52. The molecule has 2 fully saturated rings. The van der Waals surface area contributed by atoms with Gasteiger partial charge in [-0.2, -0.15) is 10.1 Å². The van der Waals surface area contributed by atoms with E-state index in [2.05, 4.69) is 15.1 Å². The lowest BCUT2D eigenvalue weighted by Crippen LogP contribution is -2.10. The predicted molar refractivity (Wildman–Crippen MR) is 83.3 cm³/mol. The van der Waals surface area contributed by atoms with E-state index < -0.39 is 0 Å². The van der Waals surface area contributed by atoms with Crippen molar-refractivity contribution in [1.82, 2.24) is 19.7 Å². The topological polar surface area (TPSA) is 79.1 Å². The normalized spacial score (nSPS) is 23.5. The van der Waals surface area contributed by atoms with Gasteiger partial charge in [-0.05, 0) is 38.5 Å². The molecule has 7 nitrogen and oxygen atoms in total. The van der Waals surface area contributed by atoms with Gasteiger partial charge in [0.1, 0.15) is 6.10 Å². The van der Waals surface area contributed by atoms with Crippen LogP contribution in [0.2, 0.25) is 0 Å². The van der Waals surface area contributed by atoms with Gasteiger partial charge < -0.3 is 9.47 Å². The lowest BCUT2D eigenvalue weighted by atomic mass is 10.1. The summed E-state index contributed by atoms with van der Waals surface area (Å²) >= 11 is 0. The number of aromatic nitrogens is 4. The molecular weight excluding hydrogens is 308 g/mol. The van der Waals surface area contributed by atoms with Crippen molar-refractivity contribution in [3.05, 3.63) is 29.3 Å². The zero-order chi connectivity index (χ0) is 16.3. The van der Waals surface area contributed by atoms with Crippen LogP contribution in [0.15, 0.2) is 12.4 Å². The van der Waals surface area contributed by atoms with Gasteiger partial charge in [-0.3, -0.25) is 4.98 Å². The van der Waals surface area contributed by atoms with E-state index in [1.54, 1.807) is 24.0 Å². The number of carbonyl (C=O) groups excluding carboxylic acids is 1. The highest BCUT2D eigenvalue weighted by Crippen LogP contribution is 2.57. The summed E-state index contributed by atoms with van der Waals surface area (Å²) in [6, 6.07) is 0. The molecule has 7 heteroatoms. The molecule has 124 valence electrons. The molecule has 0 N–H and O–H groups in total. The van der Waals surface area contributed by atoms with Crippen molar-refractivity contribution in [2.75, 3.05) is 6.61 Å².